The Morgan fingerprint density at radius 1 is 0.966 bits per heavy atom. The van der Waals surface area contributed by atoms with Gasteiger partial charge in [0.1, 0.15) is 5.75 Å². The van der Waals surface area contributed by atoms with Gasteiger partial charge in [-0.3, -0.25) is 5.32 Å². The average molecular weight is 411 g/mol. The molecule has 0 saturated heterocycles. The van der Waals surface area contributed by atoms with Crippen LogP contribution in [0.25, 0.3) is 0 Å². The number of para-hydroxylation sites is 1. The summed E-state index contributed by atoms with van der Waals surface area (Å²) >= 11 is 4.95. The van der Waals surface area contributed by atoms with Crippen LogP contribution in [0, 0.1) is 11.8 Å². The summed E-state index contributed by atoms with van der Waals surface area (Å²) in [7, 11) is 0. The van der Waals surface area contributed by atoms with Crippen molar-refractivity contribution in [1.82, 2.24) is 9.97 Å². The minimum atomic E-state index is -1.10. The number of aromatic nitrogens is 2. The van der Waals surface area contributed by atoms with Crippen LogP contribution in [-0.2, 0) is 0 Å². The van der Waals surface area contributed by atoms with Crippen LogP contribution in [0.4, 0.5) is 21.2 Å². The summed E-state index contributed by atoms with van der Waals surface area (Å²) in [5.74, 6) is 6.46. The number of hydrogen-bond donors (Lipinski definition) is 3. The van der Waals surface area contributed by atoms with Crippen LogP contribution >= 0.6 is 11.6 Å². The fraction of sp³-hybridized carbons (Fsp3) is 0. The molecule has 0 aliphatic carbocycles. The highest BCUT2D eigenvalue weighted by molar-refractivity contribution is 6.61. The van der Waals surface area contributed by atoms with Crippen molar-refractivity contribution in [3.05, 3.63) is 78.1 Å². The maximum absolute atomic E-state index is 10.4. The van der Waals surface area contributed by atoms with Gasteiger partial charge < -0.3 is 15.6 Å². The van der Waals surface area contributed by atoms with Crippen molar-refractivity contribution in [2.75, 3.05) is 11.1 Å². The molecule has 146 valence electrons. The third-order valence-electron chi connectivity index (χ3n) is 3.10. The molecule has 0 bridgehead atoms. The summed E-state index contributed by atoms with van der Waals surface area (Å²) in [6.45, 7) is 0. The van der Waals surface area contributed by atoms with Gasteiger partial charge in [0.05, 0.1) is 5.56 Å². The van der Waals surface area contributed by atoms with E-state index in [0.717, 1.165) is 5.56 Å². The third kappa shape index (κ3) is 8.43. The minimum absolute atomic E-state index is 0.203. The van der Waals surface area contributed by atoms with Crippen LogP contribution < -0.4 is 15.8 Å². The van der Waals surface area contributed by atoms with Gasteiger partial charge in [-0.05, 0) is 36.4 Å². The largest absolute Gasteiger partial charge is 0.465 e. The molecule has 9 heteroatoms. The first kappa shape index (κ1) is 21.2. The average Bonchev–Trinajstić information content (AvgIpc) is 2.69. The van der Waals surface area contributed by atoms with Gasteiger partial charge in [0, 0.05) is 35.2 Å². The fourth-order valence-corrected chi connectivity index (χ4v) is 1.98. The van der Waals surface area contributed by atoms with Crippen LogP contribution in [0.1, 0.15) is 11.1 Å². The second-order valence-corrected chi connectivity index (χ2v) is 5.55. The third-order valence-corrected chi connectivity index (χ3v) is 3.18. The first-order valence-electron chi connectivity index (χ1n) is 8.04. The molecule has 0 saturated carbocycles. The van der Waals surface area contributed by atoms with Crippen molar-refractivity contribution in [3.63, 3.8) is 0 Å². The van der Waals surface area contributed by atoms with Gasteiger partial charge in [-0.25, -0.2) is 19.6 Å². The number of nitrogens with one attached hydrogen (secondary N) is 1. The second-order valence-electron chi connectivity index (χ2n) is 5.24. The highest BCUT2D eigenvalue weighted by atomic mass is 35.5. The number of hydrogen-bond acceptors (Lipinski definition) is 6. The zero-order valence-corrected chi connectivity index (χ0v) is 15.6. The van der Waals surface area contributed by atoms with Crippen molar-refractivity contribution < 1.29 is 19.4 Å². The van der Waals surface area contributed by atoms with Gasteiger partial charge in [0.25, 0.3) is 0 Å². The Labute approximate surface area is 171 Å². The zero-order valence-electron chi connectivity index (χ0n) is 14.9. The molecule has 1 aromatic heterocycles. The Hall–Kier alpha value is -4.09. The Morgan fingerprint density at radius 2 is 1.55 bits per heavy atom. The van der Waals surface area contributed by atoms with Crippen LogP contribution in [0.3, 0.4) is 0 Å². The molecule has 1 heterocycles. The highest BCUT2D eigenvalue weighted by Gasteiger charge is 1.97. The van der Waals surface area contributed by atoms with E-state index in [2.05, 4.69) is 31.9 Å². The normalized spacial score (nSPS) is 9.14. The molecular weight excluding hydrogens is 396 g/mol. The lowest BCUT2D eigenvalue weighted by molar-refractivity contribution is 0.209. The smallest absolute Gasteiger partial charge is 0.409 e. The Balaban J connectivity index is 0.000000253. The number of nitrogen functional groups attached to an aromatic ring is 1. The van der Waals surface area contributed by atoms with Crippen molar-refractivity contribution in [1.29, 1.82) is 0 Å². The Morgan fingerprint density at radius 3 is 2.10 bits per heavy atom. The van der Waals surface area contributed by atoms with Crippen LogP contribution in [-0.4, -0.2) is 26.6 Å². The van der Waals surface area contributed by atoms with Crippen LogP contribution in [0.15, 0.2) is 67.0 Å². The topological polar surface area (TPSA) is 127 Å². The summed E-state index contributed by atoms with van der Waals surface area (Å²) in [5.41, 5.74) is 6.46. The minimum Gasteiger partial charge on any atom is -0.465 e. The van der Waals surface area contributed by atoms with Gasteiger partial charge in [-0.15, -0.1) is 0 Å². The molecule has 0 atom stereocenters. The Kier molecular flexibility index (Phi) is 7.98. The number of amides is 1. The van der Waals surface area contributed by atoms with E-state index in [1.54, 1.807) is 48.5 Å². The van der Waals surface area contributed by atoms with E-state index >= 15 is 0 Å². The molecule has 3 rings (SSSR count). The van der Waals surface area contributed by atoms with E-state index in [4.69, 9.17) is 22.4 Å². The number of carbonyl (C=O) groups is 2. The maximum Gasteiger partial charge on any atom is 0.409 e. The van der Waals surface area contributed by atoms with Crippen molar-refractivity contribution in [2.24, 2.45) is 0 Å². The number of nitrogens with two attached hydrogens (primary N) is 1. The predicted molar refractivity (Wildman–Crippen MR) is 109 cm³/mol. The number of carboxylic acid groups (broad SMARTS) is 1. The first-order chi connectivity index (χ1) is 13.9. The molecule has 2 aromatic carbocycles. The number of carbonyl (C=O) groups excluding carboxylic acids is 1. The predicted octanol–water partition coefficient (Wildman–Crippen LogP) is 3.97. The number of ether oxygens (including phenoxy) is 1. The standard InChI is InChI=1S/C13H10N4O2.C7H5ClO2/c14-12-15-7-10(8-16-12)2-1-9-3-5-11(6-4-9)17-13(18)19;8-7(9)10-6-4-2-1-3-5-6/h3-8,17H,(H,18,19)(H2,14,15,16);1-5H. The lowest BCUT2D eigenvalue weighted by Gasteiger charge is -1.99. The van der Waals surface area contributed by atoms with E-state index in [-0.39, 0.29) is 5.95 Å². The molecule has 0 fully saturated rings. The summed E-state index contributed by atoms with van der Waals surface area (Å²) in [4.78, 5) is 28.2. The quantitative estimate of drug-likeness (QED) is 0.430. The van der Waals surface area contributed by atoms with Gasteiger partial charge >= 0.3 is 11.5 Å². The van der Waals surface area contributed by atoms with Crippen LogP contribution in [0.5, 0.6) is 5.75 Å². The van der Waals surface area contributed by atoms with Gasteiger partial charge in [-0.1, -0.05) is 30.0 Å². The summed E-state index contributed by atoms with van der Waals surface area (Å²) < 4.78 is 4.54. The van der Waals surface area contributed by atoms with E-state index in [9.17, 15) is 9.59 Å². The van der Waals surface area contributed by atoms with E-state index in [0.29, 0.717) is 17.0 Å². The number of rotatable bonds is 2. The molecule has 0 spiro atoms. The maximum atomic E-state index is 10.4. The first-order valence-corrected chi connectivity index (χ1v) is 8.42. The van der Waals surface area contributed by atoms with Crippen LogP contribution in [0.2, 0.25) is 0 Å². The van der Waals surface area contributed by atoms with Gasteiger partial charge in [-0.2, -0.15) is 0 Å². The molecule has 0 aliphatic heterocycles. The summed E-state index contributed by atoms with van der Waals surface area (Å²) in [6.07, 6.45) is 1.98. The highest BCUT2D eigenvalue weighted by Crippen LogP contribution is 2.09. The van der Waals surface area contributed by atoms with Crippen molar-refractivity contribution in [3.8, 4) is 17.6 Å². The summed E-state index contributed by atoms with van der Waals surface area (Å²) in [5, 5.41) is 10.8. The van der Waals surface area contributed by atoms with E-state index in [1.807, 2.05) is 6.07 Å². The lowest BCUT2D eigenvalue weighted by atomic mass is 10.2. The number of halogens is 1. The zero-order chi connectivity index (χ0) is 21.1. The lowest BCUT2D eigenvalue weighted by Crippen LogP contribution is -2.06. The number of nitrogens with zero attached hydrogens (tertiary/aromatic N) is 2. The van der Waals surface area contributed by atoms with E-state index < -0.39 is 11.5 Å². The van der Waals surface area contributed by atoms with Crippen molar-refractivity contribution >= 4 is 34.8 Å². The number of anilines is 2. The summed E-state index contributed by atoms with van der Waals surface area (Å²) in [6, 6.07) is 15.4. The van der Waals surface area contributed by atoms with Gasteiger partial charge in [0.2, 0.25) is 5.95 Å². The monoisotopic (exact) mass is 410 g/mol. The molecule has 3 aromatic rings. The van der Waals surface area contributed by atoms with Gasteiger partial charge in [0.15, 0.2) is 0 Å². The SMILES string of the molecule is Nc1ncc(C#Cc2ccc(NC(=O)O)cc2)cn1.O=C(Cl)Oc1ccccc1. The molecule has 8 nitrogen and oxygen atoms in total. The molecule has 0 unspecified atom stereocenters. The number of benzene rings is 2. The van der Waals surface area contributed by atoms with E-state index in [1.165, 1.54) is 12.4 Å². The molecule has 1 amide bonds. The molecular formula is C20H15ClN4O4. The molecule has 0 radical (unpaired) electrons. The second kappa shape index (κ2) is 10.9. The van der Waals surface area contributed by atoms with Crippen molar-refractivity contribution in [2.45, 2.75) is 0 Å². The molecule has 4 N–H and O–H groups in total. The Bertz CT molecular complexity index is 1010. The molecule has 29 heavy (non-hydrogen) atoms. The fourth-order valence-electron chi connectivity index (χ4n) is 1.89. The molecule has 0 aliphatic rings.